The van der Waals surface area contributed by atoms with Crippen molar-refractivity contribution in [2.24, 2.45) is 0 Å². The molecule has 0 atom stereocenters. The van der Waals surface area contributed by atoms with Crippen molar-refractivity contribution in [3.8, 4) is 11.8 Å². The van der Waals surface area contributed by atoms with Gasteiger partial charge in [0.05, 0.1) is 25.9 Å². The van der Waals surface area contributed by atoms with E-state index < -0.39 is 5.97 Å². The number of aliphatic hydroxyl groups excluding tert-OH is 1. The molecule has 0 spiro atoms. The predicted molar refractivity (Wildman–Crippen MR) is 59.6 cm³/mol. The third kappa shape index (κ3) is 2.55. The van der Waals surface area contributed by atoms with Gasteiger partial charge in [-0.1, -0.05) is 6.07 Å². The molecule has 0 unspecified atom stereocenters. The third-order valence-corrected chi connectivity index (χ3v) is 2.24. The topological polar surface area (TPSA) is 79.6 Å². The van der Waals surface area contributed by atoms with Gasteiger partial charge in [-0.25, -0.2) is 4.79 Å². The molecule has 0 bridgehead atoms. The van der Waals surface area contributed by atoms with Crippen LogP contribution in [0.5, 0.6) is 5.75 Å². The standard InChI is InChI=1S/C12H13NO4/c1-3-17-12(15)11-8(7-14)4-5-10(16-2)9(11)6-13/h4-5,14H,3,7H2,1-2H3. The predicted octanol–water partition coefficient (Wildman–Crippen LogP) is 1.24. The Labute approximate surface area is 99.2 Å². The van der Waals surface area contributed by atoms with Crippen molar-refractivity contribution < 1.29 is 19.4 Å². The summed E-state index contributed by atoms with van der Waals surface area (Å²) in [6, 6.07) is 4.96. The molecule has 1 aromatic carbocycles. The number of methoxy groups -OCH3 is 1. The molecule has 0 aliphatic heterocycles. The molecule has 0 aromatic heterocycles. The molecule has 0 fully saturated rings. The highest BCUT2D eigenvalue weighted by molar-refractivity contribution is 5.94. The van der Waals surface area contributed by atoms with Gasteiger partial charge in [0.2, 0.25) is 0 Å². The average molecular weight is 235 g/mol. The number of hydrogen-bond acceptors (Lipinski definition) is 5. The lowest BCUT2D eigenvalue weighted by Crippen LogP contribution is -2.11. The molecule has 1 rings (SSSR count). The van der Waals surface area contributed by atoms with Crippen LogP contribution in [0.2, 0.25) is 0 Å². The highest BCUT2D eigenvalue weighted by Gasteiger charge is 2.20. The van der Waals surface area contributed by atoms with Gasteiger partial charge < -0.3 is 14.6 Å². The monoisotopic (exact) mass is 235 g/mol. The largest absolute Gasteiger partial charge is 0.495 e. The van der Waals surface area contributed by atoms with Crippen molar-refractivity contribution in [2.75, 3.05) is 13.7 Å². The Bertz CT molecular complexity index is 462. The van der Waals surface area contributed by atoms with E-state index in [1.54, 1.807) is 6.92 Å². The first kappa shape index (κ1) is 13.0. The van der Waals surface area contributed by atoms with Crippen LogP contribution in [-0.2, 0) is 11.3 Å². The van der Waals surface area contributed by atoms with E-state index in [9.17, 15) is 4.79 Å². The van der Waals surface area contributed by atoms with Crippen molar-refractivity contribution >= 4 is 5.97 Å². The summed E-state index contributed by atoms with van der Waals surface area (Å²) in [6.45, 7) is 1.53. The lowest BCUT2D eigenvalue weighted by molar-refractivity contribution is 0.0522. The van der Waals surface area contributed by atoms with Crippen molar-refractivity contribution in [1.29, 1.82) is 5.26 Å². The second-order valence-electron chi connectivity index (χ2n) is 3.17. The molecule has 5 nitrogen and oxygen atoms in total. The lowest BCUT2D eigenvalue weighted by Gasteiger charge is -2.11. The number of nitrogens with zero attached hydrogens (tertiary/aromatic N) is 1. The van der Waals surface area contributed by atoms with Crippen molar-refractivity contribution in [2.45, 2.75) is 13.5 Å². The minimum absolute atomic E-state index is 0.0659. The van der Waals surface area contributed by atoms with Crippen LogP contribution in [0.15, 0.2) is 12.1 Å². The van der Waals surface area contributed by atoms with Gasteiger partial charge in [0, 0.05) is 0 Å². The number of carbonyl (C=O) groups is 1. The summed E-state index contributed by atoms with van der Waals surface area (Å²) in [7, 11) is 1.41. The zero-order valence-corrected chi connectivity index (χ0v) is 9.69. The Morgan fingerprint density at radius 1 is 1.53 bits per heavy atom. The molecular formula is C12H13NO4. The zero-order chi connectivity index (χ0) is 12.8. The average Bonchev–Trinajstić information content (AvgIpc) is 2.36. The number of rotatable bonds is 4. The van der Waals surface area contributed by atoms with Crippen LogP contribution in [0.4, 0.5) is 0 Å². The molecular weight excluding hydrogens is 222 g/mol. The third-order valence-electron chi connectivity index (χ3n) is 2.24. The maximum Gasteiger partial charge on any atom is 0.339 e. The molecule has 1 aromatic rings. The van der Waals surface area contributed by atoms with Gasteiger partial charge >= 0.3 is 5.97 Å². The molecule has 17 heavy (non-hydrogen) atoms. The van der Waals surface area contributed by atoms with Crippen LogP contribution in [0.1, 0.15) is 28.4 Å². The maximum absolute atomic E-state index is 11.7. The Morgan fingerprint density at radius 2 is 2.24 bits per heavy atom. The van der Waals surface area contributed by atoms with Gasteiger partial charge in [0.25, 0.3) is 0 Å². The van der Waals surface area contributed by atoms with Gasteiger partial charge in [-0.3, -0.25) is 0 Å². The lowest BCUT2D eigenvalue weighted by atomic mass is 10.0. The van der Waals surface area contributed by atoms with Gasteiger partial charge in [0.15, 0.2) is 0 Å². The minimum atomic E-state index is -0.632. The first-order valence-electron chi connectivity index (χ1n) is 5.07. The van der Waals surface area contributed by atoms with E-state index >= 15 is 0 Å². The minimum Gasteiger partial charge on any atom is -0.495 e. The number of esters is 1. The molecule has 0 heterocycles. The normalized spacial score (nSPS) is 9.53. The second-order valence-corrected chi connectivity index (χ2v) is 3.17. The van der Waals surface area contributed by atoms with E-state index in [1.165, 1.54) is 19.2 Å². The first-order chi connectivity index (χ1) is 8.19. The molecule has 0 amide bonds. The Balaban J connectivity index is 3.41. The fourth-order valence-electron chi connectivity index (χ4n) is 1.48. The van der Waals surface area contributed by atoms with E-state index in [-0.39, 0.29) is 30.1 Å². The summed E-state index contributed by atoms with van der Waals surface area (Å²) >= 11 is 0. The summed E-state index contributed by atoms with van der Waals surface area (Å²) in [5, 5.41) is 18.2. The van der Waals surface area contributed by atoms with Crippen LogP contribution in [0, 0.1) is 11.3 Å². The van der Waals surface area contributed by atoms with Crippen molar-refractivity contribution in [1.82, 2.24) is 0 Å². The molecule has 0 aliphatic carbocycles. The Hall–Kier alpha value is -2.06. The van der Waals surface area contributed by atoms with Crippen LogP contribution in [0.3, 0.4) is 0 Å². The molecule has 90 valence electrons. The fourth-order valence-corrected chi connectivity index (χ4v) is 1.48. The summed E-state index contributed by atoms with van der Waals surface area (Å²) in [5.41, 5.74) is 0.495. The smallest absolute Gasteiger partial charge is 0.339 e. The van der Waals surface area contributed by atoms with Crippen molar-refractivity contribution in [3.63, 3.8) is 0 Å². The van der Waals surface area contributed by atoms with E-state index in [2.05, 4.69) is 0 Å². The van der Waals surface area contributed by atoms with Gasteiger partial charge in [-0.2, -0.15) is 5.26 Å². The van der Waals surface area contributed by atoms with Gasteiger partial charge in [-0.15, -0.1) is 0 Å². The number of nitriles is 1. The molecule has 0 aliphatic rings. The number of benzene rings is 1. The number of carbonyl (C=O) groups excluding carboxylic acids is 1. The molecule has 0 saturated carbocycles. The van der Waals surface area contributed by atoms with Gasteiger partial charge in [0.1, 0.15) is 17.4 Å². The summed E-state index contributed by atoms with van der Waals surface area (Å²) in [6.07, 6.45) is 0. The fraction of sp³-hybridized carbons (Fsp3) is 0.333. The maximum atomic E-state index is 11.7. The Kier molecular flexibility index (Phi) is 4.49. The first-order valence-corrected chi connectivity index (χ1v) is 5.07. The van der Waals surface area contributed by atoms with Crippen LogP contribution >= 0.6 is 0 Å². The zero-order valence-electron chi connectivity index (χ0n) is 9.69. The quantitative estimate of drug-likeness (QED) is 0.794. The van der Waals surface area contributed by atoms with E-state index in [1.807, 2.05) is 6.07 Å². The highest BCUT2D eigenvalue weighted by Crippen LogP contribution is 2.25. The molecule has 0 saturated heterocycles. The van der Waals surface area contributed by atoms with Crippen molar-refractivity contribution in [3.05, 3.63) is 28.8 Å². The molecule has 5 heteroatoms. The molecule has 0 radical (unpaired) electrons. The number of aliphatic hydroxyl groups is 1. The summed E-state index contributed by atoms with van der Waals surface area (Å²) in [4.78, 5) is 11.7. The highest BCUT2D eigenvalue weighted by atomic mass is 16.5. The SMILES string of the molecule is CCOC(=O)c1c(CO)ccc(OC)c1C#N. The van der Waals surface area contributed by atoms with E-state index in [0.29, 0.717) is 5.56 Å². The number of hydrogen-bond donors (Lipinski definition) is 1. The number of ether oxygens (including phenoxy) is 2. The summed E-state index contributed by atoms with van der Waals surface area (Å²) < 4.78 is 9.85. The Morgan fingerprint density at radius 3 is 2.71 bits per heavy atom. The van der Waals surface area contributed by atoms with E-state index in [0.717, 1.165) is 0 Å². The molecule has 1 N–H and O–H groups in total. The van der Waals surface area contributed by atoms with Crippen LogP contribution in [0.25, 0.3) is 0 Å². The van der Waals surface area contributed by atoms with Crippen LogP contribution in [-0.4, -0.2) is 24.8 Å². The van der Waals surface area contributed by atoms with Gasteiger partial charge in [-0.05, 0) is 18.6 Å². The second kappa shape index (κ2) is 5.87. The van der Waals surface area contributed by atoms with Crippen LogP contribution < -0.4 is 4.74 Å². The van der Waals surface area contributed by atoms with E-state index in [4.69, 9.17) is 19.8 Å². The summed E-state index contributed by atoms with van der Waals surface area (Å²) in [5.74, 6) is -0.347.